The molecule has 7 heteroatoms. The number of hydrogen-bond acceptors (Lipinski definition) is 3. The van der Waals surface area contributed by atoms with Crippen LogP contribution in [0.15, 0.2) is 67.0 Å². The molecule has 0 aliphatic carbocycles. The SMILES string of the molecule is O=C(CCc1nc2ccc(F)cc2[nH]1)N(Cc1cccnc1)Cc1cccc(F)c1. The summed E-state index contributed by atoms with van der Waals surface area (Å²) in [7, 11) is 0. The molecule has 0 saturated heterocycles. The van der Waals surface area contributed by atoms with Crippen molar-refractivity contribution in [3.05, 3.63) is 95.6 Å². The van der Waals surface area contributed by atoms with E-state index in [9.17, 15) is 13.6 Å². The van der Waals surface area contributed by atoms with Gasteiger partial charge in [0, 0.05) is 38.3 Å². The molecule has 2 aromatic heterocycles. The van der Waals surface area contributed by atoms with Crippen LogP contribution in [0.4, 0.5) is 8.78 Å². The molecule has 0 aliphatic heterocycles. The number of nitrogens with one attached hydrogen (secondary N) is 1. The molecular weight excluding hydrogens is 386 g/mol. The Hall–Kier alpha value is -3.61. The number of halogens is 2. The van der Waals surface area contributed by atoms with Crippen molar-refractivity contribution in [2.24, 2.45) is 0 Å². The fraction of sp³-hybridized carbons (Fsp3) is 0.174. The maximum atomic E-state index is 13.6. The van der Waals surface area contributed by atoms with Gasteiger partial charge >= 0.3 is 0 Å². The van der Waals surface area contributed by atoms with E-state index in [0.717, 1.165) is 5.56 Å². The molecule has 4 aromatic rings. The van der Waals surface area contributed by atoms with E-state index in [1.165, 1.54) is 24.3 Å². The molecule has 0 saturated carbocycles. The number of aryl methyl sites for hydroxylation is 1. The Morgan fingerprint density at radius 1 is 0.967 bits per heavy atom. The summed E-state index contributed by atoms with van der Waals surface area (Å²) in [6.45, 7) is 0.658. The molecular formula is C23H20F2N4O. The monoisotopic (exact) mass is 406 g/mol. The minimum absolute atomic E-state index is 0.0882. The lowest BCUT2D eigenvalue weighted by Gasteiger charge is -2.23. The van der Waals surface area contributed by atoms with Crippen molar-refractivity contribution in [1.29, 1.82) is 0 Å². The molecule has 0 bridgehead atoms. The van der Waals surface area contributed by atoms with E-state index in [0.29, 0.717) is 35.4 Å². The second kappa shape index (κ2) is 8.82. The van der Waals surface area contributed by atoms with Gasteiger partial charge in [0.25, 0.3) is 0 Å². The van der Waals surface area contributed by atoms with Crippen molar-refractivity contribution in [3.63, 3.8) is 0 Å². The maximum Gasteiger partial charge on any atom is 0.223 e. The Bertz CT molecular complexity index is 1160. The lowest BCUT2D eigenvalue weighted by atomic mass is 10.1. The minimum Gasteiger partial charge on any atom is -0.342 e. The smallest absolute Gasteiger partial charge is 0.223 e. The van der Waals surface area contributed by atoms with Gasteiger partial charge in [0.1, 0.15) is 17.5 Å². The van der Waals surface area contributed by atoms with Crippen LogP contribution in [-0.4, -0.2) is 25.8 Å². The van der Waals surface area contributed by atoms with Gasteiger partial charge in [-0.3, -0.25) is 9.78 Å². The topological polar surface area (TPSA) is 61.9 Å². The quantitative estimate of drug-likeness (QED) is 0.495. The Morgan fingerprint density at radius 3 is 2.57 bits per heavy atom. The summed E-state index contributed by atoms with van der Waals surface area (Å²) in [4.78, 5) is 26.2. The first kappa shape index (κ1) is 19.7. The Balaban J connectivity index is 1.48. The van der Waals surface area contributed by atoms with Gasteiger partial charge in [-0.15, -0.1) is 0 Å². The van der Waals surface area contributed by atoms with Crippen LogP contribution in [0.1, 0.15) is 23.4 Å². The number of H-pyrrole nitrogens is 1. The Morgan fingerprint density at radius 2 is 1.77 bits per heavy atom. The molecule has 0 radical (unpaired) electrons. The lowest BCUT2D eigenvalue weighted by molar-refractivity contribution is -0.132. The number of carbonyl (C=O) groups is 1. The van der Waals surface area contributed by atoms with Crippen LogP contribution in [0, 0.1) is 11.6 Å². The van der Waals surface area contributed by atoms with E-state index < -0.39 is 0 Å². The molecule has 0 aliphatic rings. The predicted molar refractivity (Wildman–Crippen MR) is 109 cm³/mol. The molecule has 0 unspecified atom stereocenters. The van der Waals surface area contributed by atoms with Crippen LogP contribution in [0.2, 0.25) is 0 Å². The molecule has 2 aromatic carbocycles. The fourth-order valence-corrected chi connectivity index (χ4v) is 3.34. The standard InChI is InChI=1S/C23H20F2N4O/c24-18-5-1-3-16(11-18)14-29(15-17-4-2-10-26-13-17)23(30)9-8-22-27-20-7-6-19(25)12-21(20)28-22/h1-7,10-13H,8-9,14-15H2,(H,27,28). The third kappa shape index (κ3) is 4.86. The van der Waals surface area contributed by atoms with E-state index in [2.05, 4.69) is 15.0 Å². The second-order valence-corrected chi connectivity index (χ2v) is 7.09. The second-order valence-electron chi connectivity index (χ2n) is 7.09. The highest BCUT2D eigenvalue weighted by atomic mass is 19.1. The van der Waals surface area contributed by atoms with Crippen molar-refractivity contribution in [1.82, 2.24) is 19.9 Å². The summed E-state index contributed by atoms with van der Waals surface area (Å²) >= 11 is 0. The number of nitrogens with zero attached hydrogens (tertiary/aromatic N) is 3. The summed E-state index contributed by atoms with van der Waals surface area (Å²) in [6.07, 6.45) is 3.99. The third-order valence-corrected chi connectivity index (χ3v) is 4.78. The van der Waals surface area contributed by atoms with E-state index in [-0.39, 0.29) is 30.5 Å². The molecule has 4 rings (SSSR count). The molecule has 1 N–H and O–H groups in total. The normalized spacial score (nSPS) is 11.0. The number of fused-ring (bicyclic) bond motifs is 1. The highest BCUT2D eigenvalue weighted by Crippen LogP contribution is 2.16. The van der Waals surface area contributed by atoms with Crippen molar-refractivity contribution < 1.29 is 13.6 Å². The molecule has 30 heavy (non-hydrogen) atoms. The first-order chi connectivity index (χ1) is 14.6. The summed E-state index contributed by atoms with van der Waals surface area (Å²) in [5.74, 6) is -0.145. The average molecular weight is 406 g/mol. The molecule has 2 heterocycles. The lowest BCUT2D eigenvalue weighted by Crippen LogP contribution is -2.30. The number of aromatic nitrogens is 3. The Kier molecular flexibility index (Phi) is 5.79. The molecule has 5 nitrogen and oxygen atoms in total. The first-order valence-electron chi connectivity index (χ1n) is 9.62. The van der Waals surface area contributed by atoms with Crippen LogP contribution >= 0.6 is 0 Å². The maximum absolute atomic E-state index is 13.6. The molecule has 1 amide bonds. The van der Waals surface area contributed by atoms with E-state index in [4.69, 9.17) is 0 Å². The number of amides is 1. The number of aromatic amines is 1. The summed E-state index contributed by atoms with van der Waals surface area (Å²) < 4.78 is 27.0. The summed E-state index contributed by atoms with van der Waals surface area (Å²) in [6, 6.07) is 14.3. The largest absolute Gasteiger partial charge is 0.342 e. The number of benzene rings is 2. The van der Waals surface area contributed by atoms with Gasteiger partial charge in [-0.2, -0.15) is 0 Å². The van der Waals surface area contributed by atoms with E-state index in [1.54, 1.807) is 35.5 Å². The molecule has 0 spiro atoms. The first-order valence-corrected chi connectivity index (χ1v) is 9.62. The van der Waals surface area contributed by atoms with Crippen molar-refractivity contribution in [3.8, 4) is 0 Å². The van der Waals surface area contributed by atoms with E-state index >= 15 is 0 Å². The number of pyridine rings is 1. The zero-order valence-corrected chi connectivity index (χ0v) is 16.2. The van der Waals surface area contributed by atoms with Gasteiger partial charge in [-0.25, -0.2) is 13.8 Å². The van der Waals surface area contributed by atoms with Crippen LogP contribution < -0.4 is 0 Å². The zero-order valence-electron chi connectivity index (χ0n) is 16.2. The van der Waals surface area contributed by atoms with E-state index in [1.807, 2.05) is 12.1 Å². The van der Waals surface area contributed by atoms with Crippen molar-refractivity contribution >= 4 is 16.9 Å². The van der Waals surface area contributed by atoms with Gasteiger partial charge in [-0.1, -0.05) is 18.2 Å². The van der Waals surface area contributed by atoms with Gasteiger partial charge in [0.2, 0.25) is 5.91 Å². The highest BCUT2D eigenvalue weighted by molar-refractivity contribution is 5.77. The minimum atomic E-state index is -0.341. The summed E-state index contributed by atoms with van der Waals surface area (Å²) in [5, 5.41) is 0. The fourth-order valence-electron chi connectivity index (χ4n) is 3.34. The van der Waals surface area contributed by atoms with Crippen LogP contribution in [-0.2, 0) is 24.3 Å². The van der Waals surface area contributed by atoms with Crippen molar-refractivity contribution in [2.75, 3.05) is 0 Å². The van der Waals surface area contributed by atoms with Crippen molar-refractivity contribution in [2.45, 2.75) is 25.9 Å². The zero-order chi connectivity index (χ0) is 20.9. The molecule has 0 atom stereocenters. The van der Waals surface area contributed by atoms with Gasteiger partial charge in [-0.05, 0) is 47.5 Å². The van der Waals surface area contributed by atoms with Gasteiger partial charge < -0.3 is 9.88 Å². The Labute approximate surface area is 172 Å². The number of rotatable bonds is 7. The van der Waals surface area contributed by atoms with Crippen LogP contribution in [0.3, 0.4) is 0 Å². The molecule has 0 fully saturated rings. The predicted octanol–water partition coefficient (Wildman–Crippen LogP) is 4.40. The summed E-state index contributed by atoms with van der Waals surface area (Å²) in [5.41, 5.74) is 2.86. The van der Waals surface area contributed by atoms with Crippen LogP contribution in [0.25, 0.3) is 11.0 Å². The van der Waals surface area contributed by atoms with Crippen LogP contribution in [0.5, 0.6) is 0 Å². The number of carbonyl (C=O) groups excluding carboxylic acids is 1. The number of hydrogen-bond donors (Lipinski definition) is 1. The molecule has 152 valence electrons. The van der Waals surface area contributed by atoms with Gasteiger partial charge in [0.15, 0.2) is 0 Å². The third-order valence-electron chi connectivity index (χ3n) is 4.78. The van der Waals surface area contributed by atoms with Gasteiger partial charge in [0.05, 0.1) is 11.0 Å². The number of imidazole rings is 1. The average Bonchev–Trinajstić information content (AvgIpc) is 3.14. The highest BCUT2D eigenvalue weighted by Gasteiger charge is 2.16.